The van der Waals surface area contributed by atoms with Crippen LogP contribution in [0.5, 0.6) is 0 Å². The highest BCUT2D eigenvalue weighted by atomic mass is 19.4. The minimum Gasteiger partial charge on any atom is -0.391 e. The second kappa shape index (κ2) is 9.54. The van der Waals surface area contributed by atoms with Crippen molar-refractivity contribution in [3.05, 3.63) is 71.1 Å². The average molecular weight is 472 g/mol. The van der Waals surface area contributed by atoms with Gasteiger partial charge in [0.15, 0.2) is 5.96 Å². The Kier molecular flexibility index (Phi) is 6.53. The van der Waals surface area contributed by atoms with E-state index in [4.69, 9.17) is 20.5 Å². The number of nitrogens with one attached hydrogen (secondary N) is 1. The minimum atomic E-state index is -4.36. The molecule has 0 radical (unpaired) electrons. The van der Waals surface area contributed by atoms with Gasteiger partial charge in [-0.05, 0) is 36.6 Å². The summed E-state index contributed by atoms with van der Waals surface area (Å²) in [6, 6.07) is 12.1. The number of nitrogens with zero attached hydrogens (tertiary/aromatic N) is 4. The Balaban J connectivity index is 1.34. The maximum atomic E-state index is 12.6. The summed E-state index contributed by atoms with van der Waals surface area (Å²) >= 11 is 0. The Morgan fingerprint density at radius 2 is 1.91 bits per heavy atom. The van der Waals surface area contributed by atoms with Crippen LogP contribution >= 0.6 is 0 Å². The van der Waals surface area contributed by atoms with Gasteiger partial charge in [0.05, 0.1) is 17.2 Å². The fourth-order valence-electron chi connectivity index (χ4n) is 3.61. The number of halogens is 3. The van der Waals surface area contributed by atoms with Gasteiger partial charge >= 0.3 is 6.18 Å². The minimum absolute atomic E-state index is 0.0400. The van der Waals surface area contributed by atoms with Gasteiger partial charge in [-0.25, -0.2) is 0 Å². The number of oxime groups is 1. The van der Waals surface area contributed by atoms with Gasteiger partial charge in [-0.1, -0.05) is 46.7 Å². The molecule has 1 atom stereocenters. The molecule has 8 nitrogen and oxygen atoms in total. The van der Waals surface area contributed by atoms with Gasteiger partial charge in [0.2, 0.25) is 11.7 Å². The topological polar surface area (TPSA) is 114 Å². The summed E-state index contributed by atoms with van der Waals surface area (Å²) in [6.07, 6.45) is -3.57. The maximum Gasteiger partial charge on any atom is 0.416 e. The van der Waals surface area contributed by atoms with Gasteiger partial charge in [0.25, 0.3) is 0 Å². The molecular weight excluding hydrogens is 449 g/mol. The molecule has 11 heteroatoms. The number of likely N-dealkylation sites (tertiary alicyclic amines) is 1. The van der Waals surface area contributed by atoms with Crippen molar-refractivity contribution in [2.24, 2.45) is 10.9 Å². The van der Waals surface area contributed by atoms with Gasteiger partial charge in [0.1, 0.15) is 6.61 Å². The summed E-state index contributed by atoms with van der Waals surface area (Å²) in [6.45, 7) is 3.10. The number of guanidine groups is 1. The summed E-state index contributed by atoms with van der Waals surface area (Å²) < 4.78 is 43.3. The van der Waals surface area contributed by atoms with Crippen LogP contribution in [0.1, 0.15) is 41.8 Å². The molecule has 34 heavy (non-hydrogen) atoms. The molecule has 0 spiro atoms. The summed E-state index contributed by atoms with van der Waals surface area (Å²) in [5.41, 5.74) is 7.62. The molecular formula is C23H23F3N6O2. The van der Waals surface area contributed by atoms with E-state index in [0.717, 1.165) is 29.7 Å². The Hall–Kier alpha value is -3.89. The molecule has 4 rings (SSSR count). The van der Waals surface area contributed by atoms with Crippen molar-refractivity contribution in [3.8, 4) is 11.4 Å². The summed E-state index contributed by atoms with van der Waals surface area (Å²) in [7, 11) is 0. The summed E-state index contributed by atoms with van der Waals surface area (Å²) in [5.74, 6) is 1.08. The van der Waals surface area contributed by atoms with Crippen molar-refractivity contribution in [1.29, 1.82) is 5.41 Å². The molecule has 1 aliphatic rings. The highest BCUT2D eigenvalue weighted by Gasteiger charge is 2.30. The van der Waals surface area contributed by atoms with Gasteiger partial charge < -0.3 is 20.0 Å². The first kappa shape index (κ1) is 23.3. The fourth-order valence-corrected chi connectivity index (χ4v) is 3.61. The molecule has 0 saturated carbocycles. The lowest BCUT2D eigenvalue weighted by Crippen LogP contribution is -2.34. The average Bonchev–Trinajstić information content (AvgIpc) is 3.49. The number of rotatable bonds is 6. The third-order valence-electron chi connectivity index (χ3n) is 5.59. The lowest BCUT2D eigenvalue weighted by atomic mass is 10.1. The first-order valence-corrected chi connectivity index (χ1v) is 10.6. The van der Waals surface area contributed by atoms with Gasteiger partial charge in [0, 0.05) is 18.7 Å². The van der Waals surface area contributed by atoms with Gasteiger partial charge in [-0.3, -0.25) is 5.41 Å². The van der Waals surface area contributed by atoms with Crippen LogP contribution in [0.25, 0.3) is 11.4 Å². The molecule has 1 aliphatic heterocycles. The monoisotopic (exact) mass is 472 g/mol. The Morgan fingerprint density at radius 1 is 1.21 bits per heavy atom. The Morgan fingerprint density at radius 3 is 2.53 bits per heavy atom. The predicted octanol–water partition coefficient (Wildman–Crippen LogP) is 4.38. The molecule has 2 aromatic carbocycles. The Labute approximate surface area is 193 Å². The van der Waals surface area contributed by atoms with Gasteiger partial charge in [-0.15, -0.1) is 0 Å². The van der Waals surface area contributed by atoms with E-state index < -0.39 is 11.7 Å². The van der Waals surface area contributed by atoms with E-state index in [2.05, 4.69) is 15.3 Å². The molecule has 0 aliphatic carbocycles. The number of nitrogens with two attached hydrogens (primary N) is 1. The van der Waals surface area contributed by atoms with Crippen molar-refractivity contribution in [1.82, 2.24) is 15.0 Å². The second-order valence-electron chi connectivity index (χ2n) is 8.00. The lowest BCUT2D eigenvalue weighted by molar-refractivity contribution is -0.137. The Bertz CT molecular complexity index is 1170. The lowest BCUT2D eigenvalue weighted by Gasteiger charge is -2.14. The van der Waals surface area contributed by atoms with E-state index in [-0.39, 0.29) is 18.5 Å². The predicted molar refractivity (Wildman–Crippen MR) is 119 cm³/mol. The normalized spacial score (nSPS) is 16.6. The molecule has 1 fully saturated rings. The van der Waals surface area contributed by atoms with E-state index in [1.807, 2.05) is 24.3 Å². The maximum absolute atomic E-state index is 12.6. The quantitative estimate of drug-likeness (QED) is 0.313. The van der Waals surface area contributed by atoms with Crippen molar-refractivity contribution >= 4 is 11.7 Å². The van der Waals surface area contributed by atoms with Crippen LogP contribution < -0.4 is 5.73 Å². The van der Waals surface area contributed by atoms with Crippen LogP contribution in [-0.2, 0) is 17.6 Å². The van der Waals surface area contributed by atoms with Crippen LogP contribution in [0, 0.1) is 5.41 Å². The summed E-state index contributed by atoms with van der Waals surface area (Å²) in [4.78, 5) is 11.6. The van der Waals surface area contributed by atoms with Crippen molar-refractivity contribution in [2.75, 3.05) is 13.1 Å². The SMILES string of the molecule is CC(=NOCc1ccc(C(F)(F)F)cc1)c1ccc(-c2noc([C@@H]3CCN(C(=N)N)C3)n2)cc1. The highest BCUT2D eigenvalue weighted by molar-refractivity contribution is 5.98. The molecule has 0 bridgehead atoms. The zero-order valence-electron chi connectivity index (χ0n) is 18.3. The molecule has 3 aromatic rings. The third kappa shape index (κ3) is 5.36. The largest absolute Gasteiger partial charge is 0.416 e. The van der Waals surface area contributed by atoms with E-state index in [9.17, 15) is 13.2 Å². The number of benzene rings is 2. The van der Waals surface area contributed by atoms with Gasteiger partial charge in [-0.2, -0.15) is 18.2 Å². The van der Waals surface area contributed by atoms with Crippen LogP contribution in [0.15, 0.2) is 58.2 Å². The van der Waals surface area contributed by atoms with Crippen molar-refractivity contribution in [3.63, 3.8) is 0 Å². The van der Waals surface area contributed by atoms with Crippen LogP contribution in [0.2, 0.25) is 0 Å². The second-order valence-corrected chi connectivity index (χ2v) is 8.00. The van der Waals surface area contributed by atoms with Crippen LogP contribution in [0.3, 0.4) is 0 Å². The molecule has 1 aromatic heterocycles. The third-order valence-corrected chi connectivity index (χ3v) is 5.59. The first-order chi connectivity index (χ1) is 16.2. The molecule has 0 unspecified atom stereocenters. The van der Waals surface area contributed by atoms with E-state index >= 15 is 0 Å². The molecule has 3 N–H and O–H groups in total. The van der Waals surface area contributed by atoms with Crippen molar-refractivity contribution < 1.29 is 22.5 Å². The molecule has 2 heterocycles. The molecule has 178 valence electrons. The zero-order valence-corrected chi connectivity index (χ0v) is 18.3. The highest BCUT2D eigenvalue weighted by Crippen LogP contribution is 2.29. The summed E-state index contributed by atoms with van der Waals surface area (Å²) in [5, 5.41) is 15.7. The van der Waals surface area contributed by atoms with E-state index in [1.165, 1.54) is 12.1 Å². The fraction of sp³-hybridized carbons (Fsp3) is 0.304. The standard InChI is InChI=1S/C23H23F3N6O2/c1-14(30-33-13-15-2-8-19(9-3-15)23(24,25)26)16-4-6-17(7-5-16)20-29-21(34-31-20)18-10-11-32(12-18)22(27)28/h2-9,18H,10-13H2,1H3,(H3,27,28)/t18-/m1/s1. The van der Waals surface area contributed by atoms with Crippen LogP contribution in [-0.4, -0.2) is 39.8 Å². The smallest absolute Gasteiger partial charge is 0.391 e. The number of aromatic nitrogens is 2. The number of alkyl halides is 3. The van der Waals surface area contributed by atoms with Crippen molar-refractivity contribution in [2.45, 2.75) is 32.0 Å². The number of hydrogen-bond donors (Lipinski definition) is 2. The van der Waals surface area contributed by atoms with E-state index in [1.54, 1.807) is 11.8 Å². The molecule has 1 saturated heterocycles. The molecule has 0 amide bonds. The number of hydrogen-bond acceptors (Lipinski definition) is 6. The van der Waals surface area contributed by atoms with E-state index in [0.29, 0.717) is 36.1 Å². The zero-order chi connectivity index (χ0) is 24.3. The first-order valence-electron chi connectivity index (χ1n) is 10.6. The van der Waals surface area contributed by atoms with Crippen LogP contribution in [0.4, 0.5) is 13.2 Å².